The van der Waals surface area contributed by atoms with Crippen LogP contribution in [0, 0.1) is 5.41 Å². The minimum atomic E-state index is 0.443. The molecule has 3 N–H and O–H groups in total. The first kappa shape index (κ1) is 14.3. The zero-order chi connectivity index (χ0) is 12.7. The van der Waals surface area contributed by atoms with Gasteiger partial charge in [-0.3, -0.25) is 0 Å². The topological polar surface area (TPSA) is 47.3 Å². The standard InChI is InChI=1S/C15H30N2O/c16-13-15(7-3-1-4-8-15)9-10-17-12-14-6-2-5-11-18-14/h14,17H,1-13,16H2. The van der Waals surface area contributed by atoms with Crippen molar-refractivity contribution in [2.45, 2.75) is 63.9 Å². The molecular weight excluding hydrogens is 224 g/mol. The Balaban J connectivity index is 1.61. The molecule has 2 rings (SSSR count). The summed E-state index contributed by atoms with van der Waals surface area (Å²) >= 11 is 0. The summed E-state index contributed by atoms with van der Waals surface area (Å²) < 4.78 is 5.73. The molecule has 1 saturated carbocycles. The van der Waals surface area contributed by atoms with Gasteiger partial charge < -0.3 is 15.8 Å². The van der Waals surface area contributed by atoms with Crippen LogP contribution in [0.4, 0.5) is 0 Å². The predicted octanol–water partition coefficient (Wildman–Crippen LogP) is 2.44. The quantitative estimate of drug-likeness (QED) is 0.716. The summed E-state index contributed by atoms with van der Waals surface area (Å²) in [5, 5.41) is 3.58. The van der Waals surface area contributed by atoms with Gasteiger partial charge in [-0.1, -0.05) is 19.3 Å². The molecule has 0 aromatic carbocycles. The minimum Gasteiger partial charge on any atom is -0.377 e. The van der Waals surface area contributed by atoms with E-state index in [4.69, 9.17) is 10.5 Å². The third-order valence-electron chi connectivity index (χ3n) is 4.83. The zero-order valence-corrected chi connectivity index (χ0v) is 11.8. The van der Waals surface area contributed by atoms with E-state index in [9.17, 15) is 0 Å². The molecule has 0 aromatic heterocycles. The second-order valence-electron chi connectivity index (χ2n) is 6.21. The van der Waals surface area contributed by atoms with Crippen molar-refractivity contribution in [3.63, 3.8) is 0 Å². The third kappa shape index (κ3) is 4.22. The maximum atomic E-state index is 6.01. The highest BCUT2D eigenvalue weighted by Crippen LogP contribution is 2.37. The molecule has 0 amide bonds. The van der Waals surface area contributed by atoms with Crippen molar-refractivity contribution < 1.29 is 4.74 Å². The molecule has 1 aliphatic carbocycles. The fourth-order valence-corrected chi connectivity index (χ4v) is 3.44. The van der Waals surface area contributed by atoms with Gasteiger partial charge in [0.15, 0.2) is 0 Å². The van der Waals surface area contributed by atoms with Gasteiger partial charge in [0, 0.05) is 13.2 Å². The lowest BCUT2D eigenvalue weighted by atomic mass is 9.72. The summed E-state index contributed by atoms with van der Waals surface area (Å²) in [7, 11) is 0. The SMILES string of the molecule is NCC1(CCNCC2CCCCO2)CCCCC1. The van der Waals surface area contributed by atoms with E-state index in [2.05, 4.69) is 5.32 Å². The van der Waals surface area contributed by atoms with E-state index in [0.29, 0.717) is 11.5 Å². The van der Waals surface area contributed by atoms with Crippen molar-refractivity contribution in [3.05, 3.63) is 0 Å². The van der Waals surface area contributed by atoms with Crippen molar-refractivity contribution in [3.8, 4) is 0 Å². The lowest BCUT2D eigenvalue weighted by molar-refractivity contribution is 0.0164. The Labute approximate surface area is 112 Å². The molecule has 0 radical (unpaired) electrons. The summed E-state index contributed by atoms with van der Waals surface area (Å²) in [4.78, 5) is 0. The van der Waals surface area contributed by atoms with E-state index >= 15 is 0 Å². The summed E-state index contributed by atoms with van der Waals surface area (Å²) in [6.45, 7) is 3.96. The Hall–Kier alpha value is -0.120. The van der Waals surface area contributed by atoms with Crippen LogP contribution in [0.5, 0.6) is 0 Å². The Morgan fingerprint density at radius 2 is 1.94 bits per heavy atom. The van der Waals surface area contributed by atoms with Crippen LogP contribution in [0.2, 0.25) is 0 Å². The molecule has 1 aliphatic heterocycles. The molecule has 1 unspecified atom stereocenters. The van der Waals surface area contributed by atoms with E-state index in [1.54, 1.807) is 0 Å². The summed E-state index contributed by atoms with van der Waals surface area (Å²) in [6.07, 6.45) is 12.4. The van der Waals surface area contributed by atoms with Crippen LogP contribution in [0.25, 0.3) is 0 Å². The molecule has 2 aliphatic rings. The first-order valence-corrected chi connectivity index (χ1v) is 7.87. The number of ether oxygens (including phenoxy) is 1. The van der Waals surface area contributed by atoms with Gasteiger partial charge >= 0.3 is 0 Å². The van der Waals surface area contributed by atoms with E-state index in [1.165, 1.54) is 57.8 Å². The maximum absolute atomic E-state index is 6.01. The number of hydrogen-bond acceptors (Lipinski definition) is 3. The normalized spacial score (nSPS) is 28.2. The average molecular weight is 254 g/mol. The van der Waals surface area contributed by atoms with Crippen molar-refractivity contribution in [1.82, 2.24) is 5.32 Å². The van der Waals surface area contributed by atoms with Crippen LogP contribution in [0.15, 0.2) is 0 Å². The first-order valence-electron chi connectivity index (χ1n) is 7.87. The van der Waals surface area contributed by atoms with Crippen LogP contribution in [-0.4, -0.2) is 32.3 Å². The van der Waals surface area contributed by atoms with Gasteiger partial charge in [-0.05, 0) is 57.0 Å². The lowest BCUT2D eigenvalue weighted by Crippen LogP contribution is -2.38. The monoisotopic (exact) mass is 254 g/mol. The smallest absolute Gasteiger partial charge is 0.0699 e. The highest BCUT2D eigenvalue weighted by molar-refractivity contribution is 4.84. The zero-order valence-electron chi connectivity index (χ0n) is 11.8. The third-order valence-corrected chi connectivity index (χ3v) is 4.83. The van der Waals surface area contributed by atoms with Gasteiger partial charge in [-0.15, -0.1) is 0 Å². The molecule has 3 heteroatoms. The second-order valence-corrected chi connectivity index (χ2v) is 6.21. The molecule has 3 nitrogen and oxygen atoms in total. The number of hydrogen-bond donors (Lipinski definition) is 2. The number of nitrogens with two attached hydrogens (primary N) is 1. The van der Waals surface area contributed by atoms with Crippen molar-refractivity contribution in [2.75, 3.05) is 26.2 Å². The van der Waals surface area contributed by atoms with Gasteiger partial charge in [0.2, 0.25) is 0 Å². The highest BCUT2D eigenvalue weighted by Gasteiger charge is 2.29. The Morgan fingerprint density at radius 1 is 1.11 bits per heavy atom. The molecule has 0 aromatic rings. The van der Waals surface area contributed by atoms with Gasteiger partial charge in [-0.25, -0.2) is 0 Å². The largest absolute Gasteiger partial charge is 0.377 e. The average Bonchev–Trinajstić information content (AvgIpc) is 2.46. The van der Waals surface area contributed by atoms with E-state index < -0.39 is 0 Å². The molecule has 18 heavy (non-hydrogen) atoms. The molecule has 1 saturated heterocycles. The van der Waals surface area contributed by atoms with E-state index in [0.717, 1.165) is 26.2 Å². The van der Waals surface area contributed by atoms with Gasteiger partial charge in [-0.2, -0.15) is 0 Å². The van der Waals surface area contributed by atoms with Crippen molar-refractivity contribution >= 4 is 0 Å². The minimum absolute atomic E-state index is 0.443. The molecule has 2 fully saturated rings. The molecule has 1 heterocycles. The molecular formula is C15H30N2O. The van der Waals surface area contributed by atoms with E-state index in [-0.39, 0.29) is 0 Å². The lowest BCUT2D eigenvalue weighted by Gasteiger charge is -2.36. The van der Waals surface area contributed by atoms with Crippen LogP contribution in [0.1, 0.15) is 57.8 Å². The van der Waals surface area contributed by atoms with E-state index in [1.807, 2.05) is 0 Å². The molecule has 106 valence electrons. The molecule has 0 spiro atoms. The summed E-state index contributed by atoms with van der Waals surface area (Å²) in [5.74, 6) is 0. The first-order chi connectivity index (χ1) is 8.85. The number of nitrogens with one attached hydrogen (secondary N) is 1. The fraction of sp³-hybridized carbons (Fsp3) is 1.00. The fourth-order valence-electron chi connectivity index (χ4n) is 3.44. The Morgan fingerprint density at radius 3 is 2.61 bits per heavy atom. The molecule has 1 atom stereocenters. The van der Waals surface area contributed by atoms with Crippen LogP contribution in [-0.2, 0) is 4.74 Å². The van der Waals surface area contributed by atoms with Gasteiger partial charge in [0.25, 0.3) is 0 Å². The van der Waals surface area contributed by atoms with Gasteiger partial charge in [0.1, 0.15) is 0 Å². The second kappa shape index (κ2) is 7.46. The van der Waals surface area contributed by atoms with Crippen LogP contribution >= 0.6 is 0 Å². The van der Waals surface area contributed by atoms with Crippen LogP contribution in [0.3, 0.4) is 0 Å². The highest BCUT2D eigenvalue weighted by atomic mass is 16.5. The Bertz CT molecular complexity index is 221. The number of rotatable bonds is 6. The van der Waals surface area contributed by atoms with Gasteiger partial charge in [0.05, 0.1) is 6.10 Å². The summed E-state index contributed by atoms with van der Waals surface area (Å²) in [6, 6.07) is 0. The van der Waals surface area contributed by atoms with Crippen LogP contribution < -0.4 is 11.1 Å². The van der Waals surface area contributed by atoms with Crippen molar-refractivity contribution in [2.24, 2.45) is 11.1 Å². The molecule has 0 bridgehead atoms. The van der Waals surface area contributed by atoms with Crippen molar-refractivity contribution in [1.29, 1.82) is 0 Å². The summed E-state index contributed by atoms with van der Waals surface area (Å²) in [5.41, 5.74) is 6.45. The predicted molar refractivity (Wildman–Crippen MR) is 75.7 cm³/mol. The Kier molecular flexibility index (Phi) is 5.93. The maximum Gasteiger partial charge on any atom is 0.0699 e.